The number of carbonyl (C=O) groups excluding carboxylic acids is 1. The van der Waals surface area contributed by atoms with Crippen molar-refractivity contribution < 1.29 is 9.53 Å². The van der Waals surface area contributed by atoms with Crippen LogP contribution in [0.25, 0.3) is 10.4 Å². The number of azide groups is 1. The van der Waals surface area contributed by atoms with Crippen LogP contribution in [0.1, 0.15) is 12.5 Å². The van der Waals surface area contributed by atoms with Crippen LogP contribution in [0.4, 0.5) is 0 Å². The summed E-state index contributed by atoms with van der Waals surface area (Å²) >= 11 is 0. The Morgan fingerprint density at radius 2 is 2.20 bits per heavy atom. The minimum atomic E-state index is -0.707. The van der Waals surface area contributed by atoms with Gasteiger partial charge in [0.1, 0.15) is 6.10 Å². The largest absolute Gasteiger partial charge is 0.366 e. The topological polar surface area (TPSA) is 75.1 Å². The highest BCUT2D eigenvalue weighted by atomic mass is 16.5. The summed E-state index contributed by atoms with van der Waals surface area (Å²) in [6.07, 6.45) is -0.707. The SMILES string of the molecule is CC(OCc1ccccc1)C(=O)N=[N+]=[N-]. The van der Waals surface area contributed by atoms with Crippen LogP contribution in [-0.2, 0) is 16.1 Å². The fourth-order valence-electron chi connectivity index (χ4n) is 0.992. The van der Waals surface area contributed by atoms with Crippen LogP contribution in [0, 0.1) is 0 Å². The lowest BCUT2D eigenvalue weighted by Crippen LogP contribution is -2.17. The molecule has 1 amide bonds. The first kappa shape index (κ1) is 11.2. The Balaban J connectivity index is 2.44. The first-order chi connectivity index (χ1) is 7.24. The van der Waals surface area contributed by atoms with Crippen molar-refractivity contribution in [3.63, 3.8) is 0 Å². The molecule has 1 rings (SSSR count). The number of hydrogen-bond acceptors (Lipinski definition) is 2. The van der Waals surface area contributed by atoms with Crippen molar-refractivity contribution in [2.24, 2.45) is 5.11 Å². The van der Waals surface area contributed by atoms with Gasteiger partial charge < -0.3 is 4.74 Å². The molecular formula is C10H11N3O2. The molecule has 0 aromatic heterocycles. The van der Waals surface area contributed by atoms with Gasteiger partial charge in [0, 0.05) is 4.91 Å². The smallest absolute Gasteiger partial charge is 0.247 e. The van der Waals surface area contributed by atoms with Crippen molar-refractivity contribution in [2.75, 3.05) is 0 Å². The highest BCUT2D eigenvalue weighted by Gasteiger charge is 2.10. The molecule has 78 valence electrons. The molecule has 5 heteroatoms. The third-order valence-electron chi connectivity index (χ3n) is 1.83. The van der Waals surface area contributed by atoms with Gasteiger partial charge in [0.2, 0.25) is 5.91 Å². The normalized spacial score (nSPS) is 11.5. The van der Waals surface area contributed by atoms with E-state index in [2.05, 4.69) is 10.0 Å². The summed E-state index contributed by atoms with van der Waals surface area (Å²) in [6.45, 7) is 1.88. The molecule has 0 N–H and O–H groups in total. The van der Waals surface area contributed by atoms with E-state index >= 15 is 0 Å². The lowest BCUT2D eigenvalue weighted by Gasteiger charge is -2.08. The fraction of sp³-hybridized carbons (Fsp3) is 0.300. The van der Waals surface area contributed by atoms with E-state index in [0.29, 0.717) is 6.61 Å². The second kappa shape index (κ2) is 5.80. The summed E-state index contributed by atoms with van der Waals surface area (Å²) < 4.78 is 5.23. The Kier molecular flexibility index (Phi) is 4.34. The summed E-state index contributed by atoms with van der Waals surface area (Å²) in [6, 6.07) is 9.46. The summed E-state index contributed by atoms with van der Waals surface area (Å²) in [7, 11) is 0. The minimum absolute atomic E-state index is 0.328. The van der Waals surface area contributed by atoms with Gasteiger partial charge in [0.15, 0.2) is 0 Å². The number of ether oxygens (including phenoxy) is 1. The van der Waals surface area contributed by atoms with E-state index in [1.54, 1.807) is 6.92 Å². The lowest BCUT2D eigenvalue weighted by atomic mass is 10.2. The monoisotopic (exact) mass is 205 g/mol. The fourth-order valence-corrected chi connectivity index (χ4v) is 0.992. The Morgan fingerprint density at radius 1 is 1.53 bits per heavy atom. The van der Waals surface area contributed by atoms with Gasteiger partial charge in [-0.1, -0.05) is 30.3 Å². The molecule has 1 unspecified atom stereocenters. The van der Waals surface area contributed by atoms with E-state index in [-0.39, 0.29) is 0 Å². The molecule has 1 aromatic rings. The molecule has 0 radical (unpaired) electrons. The first-order valence-corrected chi connectivity index (χ1v) is 4.48. The zero-order chi connectivity index (χ0) is 11.1. The van der Waals surface area contributed by atoms with Gasteiger partial charge in [0.25, 0.3) is 0 Å². The van der Waals surface area contributed by atoms with Crippen molar-refractivity contribution in [2.45, 2.75) is 19.6 Å². The molecule has 1 aromatic carbocycles. The second-order valence-corrected chi connectivity index (χ2v) is 2.97. The van der Waals surface area contributed by atoms with Gasteiger partial charge in [-0.2, -0.15) is 0 Å². The molecule has 1 atom stereocenters. The molecule has 0 saturated carbocycles. The third kappa shape index (κ3) is 3.81. The van der Waals surface area contributed by atoms with Gasteiger partial charge in [-0.05, 0) is 23.1 Å². The number of nitrogens with zero attached hydrogens (tertiary/aromatic N) is 3. The maximum atomic E-state index is 11.0. The van der Waals surface area contributed by atoms with Crippen molar-refractivity contribution in [3.8, 4) is 0 Å². The van der Waals surface area contributed by atoms with E-state index in [1.165, 1.54) is 0 Å². The first-order valence-electron chi connectivity index (χ1n) is 4.48. The average Bonchev–Trinajstić information content (AvgIpc) is 2.27. The molecular weight excluding hydrogens is 194 g/mol. The number of rotatable bonds is 4. The molecule has 0 fully saturated rings. The van der Waals surface area contributed by atoms with E-state index in [9.17, 15) is 4.79 Å². The maximum absolute atomic E-state index is 11.0. The quantitative estimate of drug-likeness (QED) is 0.430. The van der Waals surface area contributed by atoms with E-state index in [1.807, 2.05) is 30.3 Å². The van der Waals surface area contributed by atoms with Crippen molar-refractivity contribution in [3.05, 3.63) is 46.3 Å². The summed E-state index contributed by atoms with van der Waals surface area (Å²) in [4.78, 5) is 13.4. The van der Waals surface area contributed by atoms with Gasteiger partial charge in [-0.15, -0.1) is 0 Å². The van der Waals surface area contributed by atoms with Crippen LogP contribution in [0.5, 0.6) is 0 Å². The summed E-state index contributed by atoms with van der Waals surface area (Å²) in [5.41, 5.74) is 9.02. The average molecular weight is 205 g/mol. The van der Waals surface area contributed by atoms with Crippen molar-refractivity contribution in [1.29, 1.82) is 0 Å². The number of benzene rings is 1. The maximum Gasteiger partial charge on any atom is 0.247 e. The number of amides is 1. The zero-order valence-electron chi connectivity index (χ0n) is 8.33. The van der Waals surface area contributed by atoms with Crippen LogP contribution in [0.15, 0.2) is 35.4 Å². The number of hydrogen-bond donors (Lipinski definition) is 0. The predicted octanol–water partition coefficient (Wildman–Crippen LogP) is 2.43. The molecule has 0 bridgehead atoms. The van der Waals surface area contributed by atoms with Gasteiger partial charge in [-0.25, -0.2) is 0 Å². The highest BCUT2D eigenvalue weighted by Crippen LogP contribution is 2.04. The summed E-state index contributed by atoms with van der Waals surface area (Å²) in [5.74, 6) is -0.603. The highest BCUT2D eigenvalue weighted by molar-refractivity contribution is 5.81. The molecule has 0 heterocycles. The lowest BCUT2D eigenvalue weighted by molar-refractivity contribution is -0.129. The Bertz CT molecular complexity index is 372. The standard InChI is InChI=1S/C10H11N3O2/c1-8(10(14)12-13-11)15-7-9-5-3-2-4-6-9/h2-6,8H,7H2,1H3. The predicted molar refractivity (Wildman–Crippen MR) is 54.8 cm³/mol. The molecule has 0 saturated heterocycles. The molecule has 0 spiro atoms. The van der Waals surface area contributed by atoms with Crippen LogP contribution in [-0.4, -0.2) is 12.0 Å². The van der Waals surface area contributed by atoms with Crippen molar-refractivity contribution >= 4 is 5.91 Å². The van der Waals surface area contributed by atoms with Crippen LogP contribution in [0.3, 0.4) is 0 Å². The third-order valence-corrected chi connectivity index (χ3v) is 1.83. The van der Waals surface area contributed by atoms with Gasteiger partial charge in [-0.3, -0.25) is 4.79 Å². The van der Waals surface area contributed by atoms with Gasteiger partial charge >= 0.3 is 0 Å². The van der Waals surface area contributed by atoms with Crippen molar-refractivity contribution in [1.82, 2.24) is 0 Å². The molecule has 5 nitrogen and oxygen atoms in total. The van der Waals surface area contributed by atoms with E-state index < -0.39 is 12.0 Å². The molecule has 0 aliphatic rings. The zero-order valence-corrected chi connectivity index (χ0v) is 8.33. The summed E-state index contributed by atoms with van der Waals surface area (Å²) in [5, 5.41) is 2.95. The van der Waals surface area contributed by atoms with Crippen LogP contribution in [0.2, 0.25) is 0 Å². The van der Waals surface area contributed by atoms with E-state index in [0.717, 1.165) is 5.56 Å². The van der Waals surface area contributed by atoms with Crippen LogP contribution >= 0.6 is 0 Å². The molecule has 0 aliphatic heterocycles. The Hall–Kier alpha value is -1.84. The number of carbonyl (C=O) groups is 1. The minimum Gasteiger partial charge on any atom is -0.366 e. The Labute approximate surface area is 87.3 Å². The second-order valence-electron chi connectivity index (χ2n) is 2.97. The molecule has 0 aliphatic carbocycles. The van der Waals surface area contributed by atoms with Crippen LogP contribution < -0.4 is 0 Å². The van der Waals surface area contributed by atoms with Gasteiger partial charge in [0.05, 0.1) is 6.61 Å². The van der Waals surface area contributed by atoms with E-state index in [4.69, 9.17) is 10.3 Å². The molecule has 15 heavy (non-hydrogen) atoms. The Morgan fingerprint density at radius 3 is 2.80 bits per heavy atom.